The smallest absolute Gasteiger partial charge is 0.210 e. The number of hydrogen-bond acceptors (Lipinski definition) is 3. The van der Waals surface area contributed by atoms with Crippen LogP contribution < -0.4 is 10.5 Å². The summed E-state index contributed by atoms with van der Waals surface area (Å²) in [6.07, 6.45) is 4.79. The molecule has 0 radical (unpaired) electrons. The summed E-state index contributed by atoms with van der Waals surface area (Å²) in [4.78, 5) is 6.68. The molecule has 132 valence electrons. The lowest BCUT2D eigenvalue weighted by atomic mass is 9.78. The van der Waals surface area contributed by atoms with Crippen molar-refractivity contribution in [1.29, 1.82) is 0 Å². The standard InChI is InChI=1S/C14H30N4O2S.HI/c1-4-7-14(3)8-6-10-18(12-14)13(16-5-2)17-9-11-21(15,19)20;/h4-12H2,1-3H3,(H,16,17)(H2,15,19,20);1H. The van der Waals surface area contributed by atoms with E-state index in [9.17, 15) is 8.42 Å². The molecule has 0 aromatic heterocycles. The molecular formula is C14H31IN4O2S. The molecule has 0 spiro atoms. The van der Waals surface area contributed by atoms with Gasteiger partial charge in [-0.15, -0.1) is 24.0 Å². The molecular weight excluding hydrogens is 415 g/mol. The first-order chi connectivity index (χ1) is 9.79. The molecule has 1 rings (SSSR count). The highest BCUT2D eigenvalue weighted by molar-refractivity contribution is 14.0. The van der Waals surface area contributed by atoms with Gasteiger partial charge in [0.15, 0.2) is 5.96 Å². The third-order valence-electron chi connectivity index (χ3n) is 3.91. The average Bonchev–Trinajstić information content (AvgIpc) is 2.36. The molecule has 1 unspecified atom stereocenters. The van der Waals surface area contributed by atoms with Crippen LogP contribution in [0.2, 0.25) is 0 Å². The number of sulfonamides is 1. The van der Waals surface area contributed by atoms with Crippen LogP contribution in [0.1, 0.15) is 46.5 Å². The Bertz CT molecular complexity index is 452. The molecule has 1 saturated heterocycles. The van der Waals surface area contributed by atoms with Crippen molar-refractivity contribution >= 4 is 40.0 Å². The minimum absolute atomic E-state index is 0. The van der Waals surface area contributed by atoms with E-state index < -0.39 is 10.0 Å². The van der Waals surface area contributed by atoms with Gasteiger partial charge in [0, 0.05) is 19.6 Å². The van der Waals surface area contributed by atoms with Crippen LogP contribution in [0.3, 0.4) is 0 Å². The molecule has 22 heavy (non-hydrogen) atoms. The lowest BCUT2D eigenvalue weighted by molar-refractivity contribution is 0.142. The second-order valence-corrected chi connectivity index (χ2v) is 7.92. The van der Waals surface area contributed by atoms with Crippen molar-refractivity contribution in [2.75, 3.05) is 31.9 Å². The molecule has 0 bridgehead atoms. The summed E-state index contributed by atoms with van der Waals surface area (Å²) in [5.74, 6) is 0.699. The molecule has 1 fully saturated rings. The number of nitrogens with one attached hydrogen (secondary N) is 1. The maximum atomic E-state index is 11.0. The van der Waals surface area contributed by atoms with E-state index in [4.69, 9.17) is 5.14 Å². The SMILES string of the molecule is CCCC1(C)CCCN(C(=NCCS(N)(=O)=O)NCC)C1.I. The second kappa shape index (κ2) is 9.92. The maximum absolute atomic E-state index is 11.0. The minimum Gasteiger partial charge on any atom is -0.357 e. The number of guanidine groups is 1. The lowest BCUT2D eigenvalue weighted by Gasteiger charge is -2.42. The van der Waals surface area contributed by atoms with Crippen LogP contribution in [0.5, 0.6) is 0 Å². The molecule has 1 aliphatic rings. The zero-order chi connectivity index (χ0) is 15.9. The molecule has 8 heteroatoms. The molecule has 6 nitrogen and oxygen atoms in total. The summed E-state index contributed by atoms with van der Waals surface area (Å²) < 4.78 is 22.0. The predicted octanol–water partition coefficient (Wildman–Crippen LogP) is 1.76. The summed E-state index contributed by atoms with van der Waals surface area (Å²) in [5.41, 5.74) is 0.323. The first-order valence-electron chi connectivity index (χ1n) is 7.83. The number of nitrogens with zero attached hydrogens (tertiary/aromatic N) is 2. The Hall–Kier alpha value is -0.0900. The number of piperidine rings is 1. The quantitative estimate of drug-likeness (QED) is 0.370. The largest absolute Gasteiger partial charge is 0.357 e. The van der Waals surface area contributed by atoms with Crippen molar-refractivity contribution in [3.63, 3.8) is 0 Å². The van der Waals surface area contributed by atoms with Crippen molar-refractivity contribution in [2.45, 2.75) is 46.5 Å². The summed E-state index contributed by atoms with van der Waals surface area (Å²) in [6.45, 7) is 9.50. The van der Waals surface area contributed by atoms with E-state index in [1.165, 1.54) is 19.3 Å². The Morgan fingerprint density at radius 1 is 1.41 bits per heavy atom. The average molecular weight is 446 g/mol. The Morgan fingerprint density at radius 3 is 2.64 bits per heavy atom. The zero-order valence-corrected chi connectivity index (χ0v) is 17.1. The number of aliphatic imine (C=N–C) groups is 1. The molecule has 3 N–H and O–H groups in total. The number of primary sulfonamides is 1. The second-order valence-electron chi connectivity index (χ2n) is 6.19. The van der Waals surface area contributed by atoms with Gasteiger partial charge >= 0.3 is 0 Å². The molecule has 0 saturated carbocycles. The van der Waals surface area contributed by atoms with Crippen LogP contribution in [0.4, 0.5) is 0 Å². The molecule has 0 aliphatic carbocycles. The van der Waals surface area contributed by atoms with Crippen molar-refractivity contribution in [2.24, 2.45) is 15.5 Å². The molecule has 1 aliphatic heterocycles. The fourth-order valence-corrected chi connectivity index (χ4v) is 3.35. The third-order valence-corrected chi connectivity index (χ3v) is 4.66. The van der Waals surface area contributed by atoms with Gasteiger partial charge in [-0.05, 0) is 31.6 Å². The Balaban J connectivity index is 0.00000441. The fourth-order valence-electron chi connectivity index (χ4n) is 3.01. The lowest BCUT2D eigenvalue weighted by Crippen LogP contribution is -2.50. The van der Waals surface area contributed by atoms with Crippen LogP contribution in [0, 0.1) is 5.41 Å². The topological polar surface area (TPSA) is 87.8 Å². The van der Waals surface area contributed by atoms with Gasteiger partial charge in [-0.1, -0.05) is 20.3 Å². The Morgan fingerprint density at radius 2 is 2.09 bits per heavy atom. The van der Waals surface area contributed by atoms with E-state index in [2.05, 4.69) is 29.1 Å². The van der Waals surface area contributed by atoms with E-state index in [0.29, 0.717) is 5.41 Å². The van der Waals surface area contributed by atoms with Crippen LogP contribution in [-0.2, 0) is 10.0 Å². The zero-order valence-electron chi connectivity index (χ0n) is 14.0. The summed E-state index contributed by atoms with van der Waals surface area (Å²) in [7, 11) is -3.45. The van der Waals surface area contributed by atoms with Crippen LogP contribution >= 0.6 is 24.0 Å². The number of hydrogen-bond donors (Lipinski definition) is 2. The molecule has 0 aromatic carbocycles. The Kier molecular flexibility index (Phi) is 9.88. The van der Waals surface area contributed by atoms with Crippen molar-refractivity contribution < 1.29 is 8.42 Å². The number of nitrogens with two attached hydrogens (primary N) is 1. The summed E-state index contributed by atoms with van der Waals surface area (Å²) in [5, 5.41) is 8.28. The summed E-state index contributed by atoms with van der Waals surface area (Å²) >= 11 is 0. The van der Waals surface area contributed by atoms with Crippen molar-refractivity contribution in [3.8, 4) is 0 Å². The number of likely N-dealkylation sites (tertiary alicyclic amines) is 1. The highest BCUT2D eigenvalue weighted by Gasteiger charge is 2.31. The first-order valence-corrected chi connectivity index (χ1v) is 9.55. The van der Waals surface area contributed by atoms with E-state index in [1.807, 2.05) is 6.92 Å². The van der Waals surface area contributed by atoms with E-state index >= 15 is 0 Å². The van der Waals surface area contributed by atoms with Gasteiger partial charge < -0.3 is 10.2 Å². The van der Waals surface area contributed by atoms with Gasteiger partial charge in [-0.25, -0.2) is 13.6 Å². The minimum atomic E-state index is -3.45. The van der Waals surface area contributed by atoms with Gasteiger partial charge in [0.05, 0.1) is 12.3 Å². The predicted molar refractivity (Wildman–Crippen MR) is 103 cm³/mol. The highest BCUT2D eigenvalue weighted by Crippen LogP contribution is 2.33. The number of halogens is 1. The van der Waals surface area contributed by atoms with E-state index in [1.54, 1.807) is 0 Å². The molecule has 0 amide bonds. The van der Waals surface area contributed by atoms with Crippen LogP contribution in [0.25, 0.3) is 0 Å². The highest BCUT2D eigenvalue weighted by atomic mass is 127. The van der Waals surface area contributed by atoms with E-state index in [-0.39, 0.29) is 36.3 Å². The van der Waals surface area contributed by atoms with Crippen molar-refractivity contribution in [1.82, 2.24) is 10.2 Å². The van der Waals surface area contributed by atoms with Crippen LogP contribution in [-0.4, -0.2) is 51.2 Å². The fraction of sp³-hybridized carbons (Fsp3) is 0.929. The summed E-state index contributed by atoms with van der Waals surface area (Å²) in [6, 6.07) is 0. The van der Waals surface area contributed by atoms with Gasteiger partial charge in [0.25, 0.3) is 0 Å². The van der Waals surface area contributed by atoms with Gasteiger partial charge in [-0.3, -0.25) is 4.99 Å². The van der Waals surface area contributed by atoms with Gasteiger partial charge in [0.1, 0.15) is 0 Å². The molecule has 1 atom stereocenters. The van der Waals surface area contributed by atoms with Gasteiger partial charge in [0.2, 0.25) is 10.0 Å². The first kappa shape index (κ1) is 21.9. The third kappa shape index (κ3) is 7.96. The Labute approximate surface area is 152 Å². The van der Waals surface area contributed by atoms with Crippen LogP contribution in [0.15, 0.2) is 4.99 Å². The molecule has 0 aromatic rings. The molecule has 1 heterocycles. The van der Waals surface area contributed by atoms with Gasteiger partial charge in [-0.2, -0.15) is 0 Å². The maximum Gasteiger partial charge on any atom is 0.210 e. The number of rotatable bonds is 6. The normalized spacial score (nSPS) is 23.1. The monoisotopic (exact) mass is 446 g/mol. The van der Waals surface area contributed by atoms with Crippen molar-refractivity contribution in [3.05, 3.63) is 0 Å². The van der Waals surface area contributed by atoms with E-state index in [0.717, 1.165) is 32.0 Å².